The number of methoxy groups -OCH3 is 1. The van der Waals surface area contributed by atoms with Gasteiger partial charge in [-0.2, -0.15) is 0 Å². The number of carbonyl (C=O) groups is 2. The zero-order valence-corrected chi connectivity index (χ0v) is 6.09. The molecule has 0 aromatic rings. The molecule has 0 aliphatic heterocycles. The lowest BCUT2D eigenvalue weighted by Crippen LogP contribution is -1.96. The summed E-state index contributed by atoms with van der Waals surface area (Å²) in [7, 11) is 1.27. The van der Waals surface area contributed by atoms with Gasteiger partial charge in [-0.1, -0.05) is 6.92 Å². The van der Waals surface area contributed by atoms with Crippen LogP contribution < -0.4 is 0 Å². The fourth-order valence-corrected chi connectivity index (χ4v) is 0.347. The highest BCUT2D eigenvalue weighted by Crippen LogP contribution is 1.84. The van der Waals surface area contributed by atoms with Gasteiger partial charge in [0.15, 0.2) is 5.78 Å². The topological polar surface area (TPSA) is 43.4 Å². The number of ether oxygens (including phenoxy) is 1. The molecule has 0 rings (SSSR count). The minimum Gasteiger partial charge on any atom is -0.466 e. The number of esters is 1. The maximum Gasteiger partial charge on any atom is 0.330 e. The van der Waals surface area contributed by atoms with Crippen molar-refractivity contribution in [2.75, 3.05) is 7.11 Å². The van der Waals surface area contributed by atoms with Crippen LogP contribution in [-0.2, 0) is 14.3 Å². The van der Waals surface area contributed by atoms with Crippen LogP contribution in [0.5, 0.6) is 0 Å². The van der Waals surface area contributed by atoms with E-state index in [9.17, 15) is 9.59 Å². The largest absolute Gasteiger partial charge is 0.466 e. The predicted octanol–water partition coefficient (Wildman–Crippen LogP) is 0.695. The Morgan fingerprint density at radius 3 is 2.40 bits per heavy atom. The third kappa shape index (κ3) is 3.83. The van der Waals surface area contributed by atoms with Crippen molar-refractivity contribution >= 4 is 11.8 Å². The van der Waals surface area contributed by atoms with Gasteiger partial charge >= 0.3 is 5.97 Å². The molecule has 0 aliphatic rings. The summed E-state index contributed by atoms with van der Waals surface area (Å²) in [4.78, 5) is 20.9. The Bertz CT molecular complexity index is 140. The summed E-state index contributed by atoms with van der Waals surface area (Å²) < 4.78 is 4.27. The van der Waals surface area contributed by atoms with Crippen LogP contribution in [0, 0.1) is 0 Å². The van der Waals surface area contributed by atoms with E-state index in [-0.39, 0.29) is 5.78 Å². The Hall–Kier alpha value is -1.12. The van der Waals surface area contributed by atoms with Crippen molar-refractivity contribution in [1.82, 2.24) is 0 Å². The smallest absolute Gasteiger partial charge is 0.330 e. The Morgan fingerprint density at radius 2 is 2.00 bits per heavy atom. The first-order valence-electron chi connectivity index (χ1n) is 2.99. The highest BCUT2D eigenvalue weighted by molar-refractivity contribution is 5.95. The molecule has 0 bridgehead atoms. The lowest BCUT2D eigenvalue weighted by Gasteiger charge is -1.87. The lowest BCUT2D eigenvalue weighted by atomic mass is 10.3. The highest BCUT2D eigenvalue weighted by Gasteiger charge is 1.93. The molecule has 0 radical (unpaired) electrons. The molecule has 0 aromatic heterocycles. The van der Waals surface area contributed by atoms with Crippen LogP contribution in [-0.4, -0.2) is 18.9 Å². The van der Waals surface area contributed by atoms with Crippen molar-refractivity contribution in [3.05, 3.63) is 12.2 Å². The average molecular weight is 142 g/mol. The van der Waals surface area contributed by atoms with E-state index in [1.54, 1.807) is 6.92 Å². The first kappa shape index (κ1) is 8.88. The third-order valence-corrected chi connectivity index (χ3v) is 0.955. The quantitative estimate of drug-likeness (QED) is 0.430. The first-order chi connectivity index (χ1) is 4.70. The molecular weight excluding hydrogens is 132 g/mol. The van der Waals surface area contributed by atoms with Gasteiger partial charge in [0.2, 0.25) is 0 Å². The molecular formula is C7H10O3. The first-order valence-corrected chi connectivity index (χ1v) is 2.99. The molecule has 3 heteroatoms. The molecule has 0 amide bonds. The number of hydrogen-bond donors (Lipinski definition) is 0. The molecule has 10 heavy (non-hydrogen) atoms. The van der Waals surface area contributed by atoms with Gasteiger partial charge in [0.05, 0.1) is 7.11 Å². The van der Waals surface area contributed by atoms with E-state index in [2.05, 4.69) is 4.74 Å². The molecule has 0 aromatic carbocycles. The van der Waals surface area contributed by atoms with E-state index in [1.807, 2.05) is 0 Å². The van der Waals surface area contributed by atoms with Crippen LogP contribution in [0.15, 0.2) is 12.2 Å². The van der Waals surface area contributed by atoms with Crippen LogP contribution in [0.25, 0.3) is 0 Å². The van der Waals surface area contributed by atoms with E-state index in [0.717, 1.165) is 6.08 Å². The Balaban J connectivity index is 3.75. The van der Waals surface area contributed by atoms with Crippen LogP contribution in [0.3, 0.4) is 0 Å². The second-order valence-electron chi connectivity index (χ2n) is 1.68. The van der Waals surface area contributed by atoms with Gasteiger partial charge in [-0.3, -0.25) is 4.79 Å². The summed E-state index contributed by atoms with van der Waals surface area (Å²) in [5, 5.41) is 0. The lowest BCUT2D eigenvalue weighted by molar-refractivity contribution is -0.135. The zero-order valence-electron chi connectivity index (χ0n) is 6.09. The normalized spacial score (nSPS) is 9.80. The number of hydrogen-bond acceptors (Lipinski definition) is 3. The van der Waals surface area contributed by atoms with Gasteiger partial charge in [0, 0.05) is 12.5 Å². The molecule has 0 saturated carbocycles. The summed E-state index contributed by atoms with van der Waals surface area (Å²) in [6, 6.07) is 0. The van der Waals surface area contributed by atoms with Crippen LogP contribution in [0.1, 0.15) is 13.3 Å². The van der Waals surface area contributed by atoms with E-state index in [0.29, 0.717) is 6.42 Å². The minimum absolute atomic E-state index is 0.0783. The van der Waals surface area contributed by atoms with Crippen molar-refractivity contribution in [1.29, 1.82) is 0 Å². The molecule has 0 heterocycles. The van der Waals surface area contributed by atoms with E-state index >= 15 is 0 Å². The zero-order chi connectivity index (χ0) is 7.98. The molecule has 0 N–H and O–H groups in total. The van der Waals surface area contributed by atoms with Crippen molar-refractivity contribution in [2.24, 2.45) is 0 Å². The van der Waals surface area contributed by atoms with Crippen LogP contribution in [0.4, 0.5) is 0 Å². The van der Waals surface area contributed by atoms with Crippen molar-refractivity contribution in [2.45, 2.75) is 13.3 Å². The predicted molar refractivity (Wildman–Crippen MR) is 36.5 cm³/mol. The molecule has 0 fully saturated rings. The van der Waals surface area contributed by atoms with Crippen molar-refractivity contribution in [3.63, 3.8) is 0 Å². The van der Waals surface area contributed by atoms with Crippen molar-refractivity contribution in [3.8, 4) is 0 Å². The molecule has 0 spiro atoms. The van der Waals surface area contributed by atoms with E-state index < -0.39 is 5.97 Å². The van der Waals surface area contributed by atoms with E-state index in [1.165, 1.54) is 13.2 Å². The second-order valence-corrected chi connectivity index (χ2v) is 1.68. The molecule has 0 unspecified atom stereocenters. The fraction of sp³-hybridized carbons (Fsp3) is 0.429. The van der Waals surface area contributed by atoms with Crippen LogP contribution >= 0.6 is 0 Å². The summed E-state index contributed by atoms with van der Waals surface area (Å²) >= 11 is 0. The summed E-state index contributed by atoms with van der Waals surface area (Å²) in [6.07, 6.45) is 2.74. The third-order valence-electron chi connectivity index (χ3n) is 0.955. The highest BCUT2D eigenvalue weighted by atomic mass is 16.5. The fourth-order valence-electron chi connectivity index (χ4n) is 0.347. The van der Waals surface area contributed by atoms with Crippen LogP contribution in [0.2, 0.25) is 0 Å². The molecule has 3 nitrogen and oxygen atoms in total. The Labute approximate surface area is 59.7 Å². The average Bonchev–Trinajstić information content (AvgIpc) is 1.99. The molecule has 56 valence electrons. The SMILES string of the molecule is CCC(=O)C=CC(=O)OC. The van der Waals surface area contributed by atoms with Gasteiger partial charge in [-0.25, -0.2) is 4.79 Å². The monoisotopic (exact) mass is 142 g/mol. The standard InChI is InChI=1S/C7H10O3/c1-3-6(8)4-5-7(9)10-2/h4-5H,3H2,1-2H3. The van der Waals surface area contributed by atoms with Gasteiger partial charge in [-0.15, -0.1) is 0 Å². The summed E-state index contributed by atoms with van der Waals surface area (Å²) in [5.74, 6) is -0.577. The molecule has 0 atom stereocenters. The Morgan fingerprint density at radius 1 is 1.40 bits per heavy atom. The Kier molecular flexibility index (Phi) is 4.20. The van der Waals surface area contributed by atoms with Gasteiger partial charge in [-0.05, 0) is 6.08 Å². The molecule has 0 aliphatic carbocycles. The van der Waals surface area contributed by atoms with Gasteiger partial charge in [0.1, 0.15) is 0 Å². The number of rotatable bonds is 3. The maximum absolute atomic E-state index is 10.5. The maximum atomic E-state index is 10.5. The number of allylic oxidation sites excluding steroid dienone is 1. The summed E-state index contributed by atoms with van der Waals surface area (Å²) in [5.41, 5.74) is 0. The van der Waals surface area contributed by atoms with Gasteiger partial charge < -0.3 is 4.74 Å². The van der Waals surface area contributed by atoms with Gasteiger partial charge in [0.25, 0.3) is 0 Å². The molecule has 0 saturated heterocycles. The second kappa shape index (κ2) is 4.73. The van der Waals surface area contributed by atoms with Crippen molar-refractivity contribution < 1.29 is 14.3 Å². The number of ketones is 1. The van der Waals surface area contributed by atoms with E-state index in [4.69, 9.17) is 0 Å². The minimum atomic E-state index is -0.498. The number of carbonyl (C=O) groups excluding carboxylic acids is 2. The summed E-state index contributed by atoms with van der Waals surface area (Å²) in [6.45, 7) is 1.73.